The lowest BCUT2D eigenvalue weighted by atomic mass is 9.95. The number of methoxy groups -OCH3 is 2. The first kappa shape index (κ1) is 21.2. The number of H-pyrrole nitrogens is 1. The fourth-order valence-corrected chi connectivity index (χ4v) is 3.36. The van der Waals surface area contributed by atoms with Crippen LogP contribution in [0.15, 0.2) is 24.5 Å². The number of hydrogen-bond acceptors (Lipinski definition) is 6. The van der Waals surface area contributed by atoms with Gasteiger partial charge in [-0.15, -0.1) is 0 Å². The Morgan fingerprint density at radius 1 is 1.30 bits per heavy atom. The fraction of sp³-hybridized carbons (Fsp3) is 0.368. The van der Waals surface area contributed by atoms with Gasteiger partial charge in [-0.05, 0) is 6.07 Å². The number of ether oxygens (including phenoxy) is 2. The van der Waals surface area contributed by atoms with E-state index >= 15 is 0 Å². The van der Waals surface area contributed by atoms with E-state index in [1.165, 1.54) is 23.4 Å². The predicted octanol–water partition coefficient (Wildman–Crippen LogP) is 1.45. The van der Waals surface area contributed by atoms with Crippen LogP contribution in [0, 0.1) is 11.6 Å². The number of fused-ring (bicyclic) bond motifs is 1. The van der Waals surface area contributed by atoms with Gasteiger partial charge in [0.15, 0.2) is 11.6 Å². The van der Waals surface area contributed by atoms with Crippen LogP contribution in [0.2, 0.25) is 0 Å². The zero-order chi connectivity index (χ0) is 21.8. The fourth-order valence-electron chi connectivity index (χ4n) is 3.36. The molecule has 9 nitrogen and oxygen atoms in total. The van der Waals surface area contributed by atoms with Crippen molar-refractivity contribution in [3.8, 4) is 0 Å². The summed E-state index contributed by atoms with van der Waals surface area (Å²) >= 11 is 0. The van der Waals surface area contributed by atoms with Gasteiger partial charge in [0.05, 0.1) is 32.7 Å². The SMILES string of the molecule is COC(=O)C[C@@H](NC(=O)N1CCc2[nH]cnc2[C@@H]1c1cccc(F)c1F)C(=O)OC. The maximum atomic E-state index is 14.6. The first-order chi connectivity index (χ1) is 14.4. The molecule has 2 aromatic rings. The largest absolute Gasteiger partial charge is 0.469 e. The van der Waals surface area contributed by atoms with Crippen molar-refractivity contribution in [2.75, 3.05) is 20.8 Å². The lowest BCUT2D eigenvalue weighted by molar-refractivity contribution is -0.149. The summed E-state index contributed by atoms with van der Waals surface area (Å²) in [4.78, 5) is 44.9. The number of nitrogens with one attached hydrogen (secondary N) is 2. The van der Waals surface area contributed by atoms with Crippen molar-refractivity contribution in [1.29, 1.82) is 0 Å². The van der Waals surface area contributed by atoms with Crippen molar-refractivity contribution in [2.45, 2.75) is 24.9 Å². The Bertz CT molecular complexity index is 964. The number of aromatic nitrogens is 2. The molecular weight excluding hydrogens is 402 g/mol. The summed E-state index contributed by atoms with van der Waals surface area (Å²) in [6, 6.07) is 0.553. The van der Waals surface area contributed by atoms with Gasteiger partial charge in [-0.25, -0.2) is 23.4 Å². The first-order valence-corrected chi connectivity index (χ1v) is 9.05. The summed E-state index contributed by atoms with van der Waals surface area (Å²) in [6.07, 6.45) is 1.34. The van der Waals surface area contributed by atoms with Crippen LogP contribution < -0.4 is 5.32 Å². The number of nitrogens with zero attached hydrogens (tertiary/aromatic N) is 2. The van der Waals surface area contributed by atoms with E-state index in [1.54, 1.807) is 0 Å². The minimum absolute atomic E-state index is 0.0826. The van der Waals surface area contributed by atoms with Crippen LogP contribution in [0.25, 0.3) is 0 Å². The molecule has 1 aliphatic rings. The zero-order valence-electron chi connectivity index (χ0n) is 16.3. The number of carbonyl (C=O) groups is 3. The molecule has 3 rings (SSSR count). The van der Waals surface area contributed by atoms with E-state index in [4.69, 9.17) is 0 Å². The lowest BCUT2D eigenvalue weighted by Crippen LogP contribution is -2.52. The standard InChI is InChI=1S/C19H20F2N4O5/c1-29-14(26)8-13(18(27)30-2)24-19(28)25-7-6-12-16(23-9-22-12)17(25)10-4-3-5-11(20)15(10)21/h3-5,9,13,17H,6-8H2,1-2H3,(H,22,23)(H,24,28)/t13-,17+/m1/s1. The van der Waals surface area contributed by atoms with E-state index < -0.39 is 48.1 Å². The van der Waals surface area contributed by atoms with Crippen molar-refractivity contribution >= 4 is 18.0 Å². The molecule has 1 aromatic heterocycles. The summed E-state index contributed by atoms with van der Waals surface area (Å²) in [5.41, 5.74) is 0.969. The van der Waals surface area contributed by atoms with Gasteiger partial charge in [0.1, 0.15) is 12.1 Å². The van der Waals surface area contributed by atoms with Crippen molar-refractivity contribution in [3.63, 3.8) is 0 Å². The molecule has 0 bridgehead atoms. The van der Waals surface area contributed by atoms with E-state index in [0.29, 0.717) is 17.8 Å². The van der Waals surface area contributed by atoms with Gasteiger partial charge in [0, 0.05) is 24.2 Å². The summed E-state index contributed by atoms with van der Waals surface area (Å²) in [7, 11) is 2.26. The molecule has 0 radical (unpaired) electrons. The molecule has 1 aromatic carbocycles. The second-order valence-corrected chi connectivity index (χ2v) is 6.56. The molecule has 11 heteroatoms. The molecule has 1 aliphatic heterocycles. The zero-order valence-corrected chi connectivity index (χ0v) is 16.3. The number of carbonyl (C=O) groups excluding carboxylic acids is 3. The number of urea groups is 1. The number of amides is 2. The van der Waals surface area contributed by atoms with Crippen molar-refractivity contribution in [3.05, 3.63) is 53.1 Å². The van der Waals surface area contributed by atoms with E-state index in [-0.39, 0.29) is 12.1 Å². The highest BCUT2D eigenvalue weighted by atomic mass is 19.2. The third-order valence-corrected chi connectivity index (χ3v) is 4.84. The molecule has 0 unspecified atom stereocenters. The van der Waals surface area contributed by atoms with Crippen LogP contribution in [-0.4, -0.2) is 59.6 Å². The minimum atomic E-state index is -1.31. The third-order valence-electron chi connectivity index (χ3n) is 4.84. The molecule has 0 saturated carbocycles. The maximum absolute atomic E-state index is 14.6. The molecule has 2 heterocycles. The molecule has 2 amide bonds. The molecule has 0 aliphatic carbocycles. The highest BCUT2D eigenvalue weighted by molar-refractivity contribution is 5.87. The molecule has 0 saturated heterocycles. The molecule has 2 atom stereocenters. The second kappa shape index (κ2) is 8.89. The number of rotatable bonds is 5. The lowest BCUT2D eigenvalue weighted by Gasteiger charge is -2.36. The smallest absolute Gasteiger partial charge is 0.329 e. The molecule has 30 heavy (non-hydrogen) atoms. The molecular formula is C19H20F2N4O5. The predicted molar refractivity (Wildman–Crippen MR) is 98.2 cm³/mol. The molecule has 2 N–H and O–H groups in total. The Kier molecular flexibility index (Phi) is 6.28. The van der Waals surface area contributed by atoms with Crippen LogP contribution >= 0.6 is 0 Å². The normalized spacial score (nSPS) is 16.4. The Morgan fingerprint density at radius 2 is 2.07 bits per heavy atom. The average molecular weight is 422 g/mol. The van der Waals surface area contributed by atoms with Crippen molar-refractivity contribution in [1.82, 2.24) is 20.2 Å². The second-order valence-electron chi connectivity index (χ2n) is 6.56. The van der Waals surface area contributed by atoms with E-state index in [0.717, 1.165) is 20.3 Å². The number of benzene rings is 1. The Morgan fingerprint density at radius 3 is 2.77 bits per heavy atom. The summed E-state index contributed by atoms with van der Waals surface area (Å²) < 4.78 is 37.6. The highest BCUT2D eigenvalue weighted by Gasteiger charge is 2.38. The van der Waals surface area contributed by atoms with E-state index in [1.807, 2.05) is 0 Å². The van der Waals surface area contributed by atoms with Crippen LogP contribution in [-0.2, 0) is 25.5 Å². The summed E-state index contributed by atoms with van der Waals surface area (Å²) in [6.45, 7) is 0.133. The Balaban J connectivity index is 1.94. The van der Waals surface area contributed by atoms with Crippen LogP contribution in [0.5, 0.6) is 0 Å². The summed E-state index contributed by atoms with van der Waals surface area (Å²) in [5, 5.41) is 2.42. The van der Waals surface area contributed by atoms with Gasteiger partial charge in [0.2, 0.25) is 0 Å². The van der Waals surface area contributed by atoms with E-state index in [9.17, 15) is 23.2 Å². The van der Waals surface area contributed by atoms with Crippen LogP contribution in [0.1, 0.15) is 29.4 Å². The number of halogens is 2. The molecule has 0 fully saturated rings. The monoisotopic (exact) mass is 422 g/mol. The van der Waals surface area contributed by atoms with E-state index in [2.05, 4.69) is 24.8 Å². The third kappa shape index (κ3) is 4.09. The van der Waals surface area contributed by atoms with Gasteiger partial charge in [0.25, 0.3) is 0 Å². The van der Waals surface area contributed by atoms with Crippen molar-refractivity contribution < 1.29 is 32.6 Å². The molecule has 0 spiro atoms. The van der Waals surface area contributed by atoms with Crippen LogP contribution in [0.3, 0.4) is 0 Å². The number of hydrogen-bond donors (Lipinski definition) is 2. The van der Waals surface area contributed by atoms with Gasteiger partial charge in [-0.3, -0.25) is 4.79 Å². The van der Waals surface area contributed by atoms with Crippen molar-refractivity contribution in [2.24, 2.45) is 0 Å². The Hall–Kier alpha value is -3.50. The van der Waals surface area contributed by atoms with Gasteiger partial charge >= 0.3 is 18.0 Å². The van der Waals surface area contributed by atoms with Gasteiger partial charge in [-0.2, -0.15) is 0 Å². The van der Waals surface area contributed by atoms with Gasteiger partial charge in [-0.1, -0.05) is 12.1 Å². The summed E-state index contributed by atoms with van der Waals surface area (Å²) in [5.74, 6) is -3.74. The maximum Gasteiger partial charge on any atom is 0.329 e. The number of esters is 2. The molecule has 160 valence electrons. The van der Waals surface area contributed by atoms with Gasteiger partial charge < -0.3 is 24.7 Å². The van der Waals surface area contributed by atoms with Crippen LogP contribution in [0.4, 0.5) is 13.6 Å². The number of aromatic amines is 1. The average Bonchev–Trinajstić information content (AvgIpc) is 3.22. The number of imidazole rings is 1. The Labute approximate surface area is 170 Å². The minimum Gasteiger partial charge on any atom is -0.469 e. The topological polar surface area (TPSA) is 114 Å². The highest BCUT2D eigenvalue weighted by Crippen LogP contribution is 2.35. The quantitative estimate of drug-likeness (QED) is 0.705. The first-order valence-electron chi connectivity index (χ1n) is 9.05.